The van der Waals surface area contributed by atoms with E-state index in [1.54, 1.807) is 31.2 Å². The van der Waals surface area contributed by atoms with Gasteiger partial charge in [-0.1, -0.05) is 67.9 Å². The summed E-state index contributed by atoms with van der Waals surface area (Å²) in [6.07, 6.45) is 0. The summed E-state index contributed by atoms with van der Waals surface area (Å²) in [7, 11) is 0. The van der Waals surface area contributed by atoms with Gasteiger partial charge in [0.25, 0.3) is 5.78 Å². The SMILES string of the molecule is Cc1ccc(C(O)=C2C(=O)C(=O)N(c3ccc(C)nn3)C2c2ccccc2C(C)C)cc1. The first-order valence-electron chi connectivity index (χ1n) is 10.6. The van der Waals surface area contributed by atoms with E-state index in [-0.39, 0.29) is 23.1 Å². The fourth-order valence-corrected chi connectivity index (χ4v) is 4.04. The van der Waals surface area contributed by atoms with Crippen LogP contribution in [0.2, 0.25) is 0 Å². The van der Waals surface area contributed by atoms with Crippen molar-refractivity contribution < 1.29 is 14.7 Å². The van der Waals surface area contributed by atoms with Crippen LogP contribution in [0.1, 0.15) is 53.8 Å². The Kier molecular flexibility index (Phi) is 5.61. The average molecular weight is 428 g/mol. The molecule has 0 saturated carbocycles. The Hall–Kier alpha value is -3.80. The molecule has 2 heterocycles. The van der Waals surface area contributed by atoms with Gasteiger partial charge in [0.15, 0.2) is 5.82 Å². The maximum atomic E-state index is 13.2. The van der Waals surface area contributed by atoms with E-state index in [2.05, 4.69) is 24.0 Å². The number of carbonyl (C=O) groups excluding carboxylic acids is 2. The van der Waals surface area contributed by atoms with Gasteiger partial charge < -0.3 is 5.11 Å². The van der Waals surface area contributed by atoms with Crippen molar-refractivity contribution in [1.82, 2.24) is 10.2 Å². The van der Waals surface area contributed by atoms with Crippen molar-refractivity contribution in [3.8, 4) is 0 Å². The monoisotopic (exact) mass is 427 g/mol. The van der Waals surface area contributed by atoms with E-state index in [0.717, 1.165) is 16.7 Å². The molecular weight excluding hydrogens is 402 g/mol. The summed E-state index contributed by atoms with van der Waals surface area (Å²) in [5.74, 6) is -1.26. The minimum Gasteiger partial charge on any atom is -0.507 e. The zero-order valence-corrected chi connectivity index (χ0v) is 18.5. The molecule has 0 aliphatic carbocycles. The van der Waals surface area contributed by atoms with E-state index in [1.165, 1.54) is 4.90 Å². The van der Waals surface area contributed by atoms with Crippen LogP contribution in [0.5, 0.6) is 0 Å². The van der Waals surface area contributed by atoms with Crippen molar-refractivity contribution in [3.63, 3.8) is 0 Å². The second-order valence-electron chi connectivity index (χ2n) is 8.35. The number of hydrogen-bond donors (Lipinski definition) is 1. The number of ketones is 1. The molecule has 0 bridgehead atoms. The molecule has 1 amide bonds. The normalized spacial score (nSPS) is 17.9. The molecule has 0 spiro atoms. The fraction of sp³-hybridized carbons (Fsp3) is 0.231. The summed E-state index contributed by atoms with van der Waals surface area (Å²) in [5.41, 5.74) is 4.02. The summed E-state index contributed by atoms with van der Waals surface area (Å²) < 4.78 is 0. The molecule has 162 valence electrons. The molecule has 1 unspecified atom stereocenters. The number of hydrogen-bond acceptors (Lipinski definition) is 5. The first-order chi connectivity index (χ1) is 15.3. The molecule has 1 fully saturated rings. The van der Waals surface area contributed by atoms with Crippen LogP contribution in [-0.4, -0.2) is 27.0 Å². The number of aryl methyl sites for hydroxylation is 2. The lowest BCUT2D eigenvalue weighted by molar-refractivity contribution is -0.132. The minimum absolute atomic E-state index is 0.0503. The lowest BCUT2D eigenvalue weighted by Gasteiger charge is -2.27. The molecule has 2 aromatic carbocycles. The van der Waals surface area contributed by atoms with Gasteiger partial charge in [0, 0.05) is 5.56 Å². The van der Waals surface area contributed by atoms with Crippen molar-refractivity contribution in [1.29, 1.82) is 0 Å². The van der Waals surface area contributed by atoms with Gasteiger partial charge in [-0.2, -0.15) is 5.10 Å². The Bertz CT molecular complexity index is 1210. The number of nitrogens with zero attached hydrogens (tertiary/aromatic N) is 3. The molecule has 1 aliphatic heterocycles. The van der Waals surface area contributed by atoms with Gasteiger partial charge in [-0.25, -0.2) is 0 Å². The zero-order chi connectivity index (χ0) is 23.0. The van der Waals surface area contributed by atoms with Crippen LogP contribution in [0.15, 0.2) is 66.2 Å². The Balaban J connectivity index is 1.99. The van der Waals surface area contributed by atoms with Gasteiger partial charge >= 0.3 is 5.91 Å². The number of aliphatic hydroxyl groups is 1. The Morgan fingerprint density at radius 3 is 2.25 bits per heavy atom. The maximum absolute atomic E-state index is 13.2. The van der Waals surface area contributed by atoms with E-state index < -0.39 is 17.7 Å². The summed E-state index contributed by atoms with van der Waals surface area (Å²) in [6, 6.07) is 17.5. The van der Waals surface area contributed by atoms with Crippen LogP contribution >= 0.6 is 0 Å². The quantitative estimate of drug-likeness (QED) is 0.366. The molecule has 1 aliphatic rings. The van der Waals surface area contributed by atoms with Crippen molar-refractivity contribution in [2.45, 2.75) is 39.7 Å². The molecule has 4 rings (SSSR count). The van der Waals surface area contributed by atoms with Gasteiger partial charge in [-0.15, -0.1) is 5.10 Å². The molecule has 32 heavy (non-hydrogen) atoms. The summed E-state index contributed by atoms with van der Waals surface area (Å²) in [4.78, 5) is 27.8. The lowest BCUT2D eigenvalue weighted by atomic mass is 9.88. The van der Waals surface area contributed by atoms with Crippen molar-refractivity contribution in [2.24, 2.45) is 0 Å². The lowest BCUT2D eigenvalue weighted by Crippen LogP contribution is -2.31. The third-order valence-corrected chi connectivity index (χ3v) is 5.71. The Labute approximate surface area is 187 Å². The molecule has 0 radical (unpaired) electrons. The van der Waals surface area contributed by atoms with E-state index in [4.69, 9.17) is 0 Å². The standard InChI is InChI=1S/C26H25N3O3/c1-15(2)19-7-5-6-8-20(19)23-22(24(30)18-12-9-16(3)10-13-18)25(31)26(32)29(23)21-14-11-17(4)27-28-21/h5-15,23,30H,1-4H3. The highest BCUT2D eigenvalue weighted by molar-refractivity contribution is 6.51. The van der Waals surface area contributed by atoms with Crippen molar-refractivity contribution >= 4 is 23.3 Å². The second-order valence-corrected chi connectivity index (χ2v) is 8.35. The third kappa shape index (κ3) is 3.68. The third-order valence-electron chi connectivity index (χ3n) is 5.71. The number of rotatable bonds is 4. The van der Waals surface area contributed by atoms with Gasteiger partial charge in [-0.05, 0) is 43.0 Å². The highest BCUT2D eigenvalue weighted by Crippen LogP contribution is 2.43. The summed E-state index contributed by atoms with van der Waals surface area (Å²) in [6.45, 7) is 7.85. The predicted molar refractivity (Wildman–Crippen MR) is 123 cm³/mol. The van der Waals surface area contributed by atoms with Gasteiger partial charge in [0.2, 0.25) is 0 Å². The first-order valence-corrected chi connectivity index (χ1v) is 10.6. The minimum atomic E-state index is -0.813. The first kappa shape index (κ1) is 21.4. The van der Waals surface area contributed by atoms with Crippen LogP contribution in [-0.2, 0) is 9.59 Å². The van der Waals surface area contributed by atoms with Crippen LogP contribution in [0.25, 0.3) is 5.76 Å². The highest BCUT2D eigenvalue weighted by Gasteiger charge is 2.48. The van der Waals surface area contributed by atoms with Crippen LogP contribution in [0, 0.1) is 13.8 Å². The van der Waals surface area contributed by atoms with Gasteiger partial charge in [-0.3, -0.25) is 14.5 Å². The predicted octanol–water partition coefficient (Wildman–Crippen LogP) is 4.84. The topological polar surface area (TPSA) is 83.4 Å². The van der Waals surface area contributed by atoms with Gasteiger partial charge in [0.1, 0.15) is 5.76 Å². The molecule has 6 heteroatoms. The molecule has 1 atom stereocenters. The van der Waals surface area contributed by atoms with E-state index >= 15 is 0 Å². The second kappa shape index (κ2) is 8.38. The number of aromatic nitrogens is 2. The van der Waals surface area contributed by atoms with E-state index in [0.29, 0.717) is 11.3 Å². The number of benzene rings is 2. The van der Waals surface area contributed by atoms with Crippen LogP contribution in [0.3, 0.4) is 0 Å². The highest BCUT2D eigenvalue weighted by atomic mass is 16.3. The summed E-state index contributed by atoms with van der Waals surface area (Å²) in [5, 5.41) is 19.5. The number of aliphatic hydroxyl groups excluding tert-OH is 1. The van der Waals surface area contributed by atoms with Crippen molar-refractivity contribution in [3.05, 3.63) is 94.2 Å². The van der Waals surface area contributed by atoms with E-state index in [9.17, 15) is 14.7 Å². The Morgan fingerprint density at radius 1 is 0.938 bits per heavy atom. The van der Waals surface area contributed by atoms with Crippen molar-refractivity contribution in [2.75, 3.05) is 4.90 Å². The molecule has 1 saturated heterocycles. The molecule has 3 aromatic rings. The number of carbonyl (C=O) groups is 2. The molecule has 1 aromatic heterocycles. The number of Topliss-reactive ketones (excluding diaryl/α,β-unsaturated/α-hetero) is 1. The molecule has 6 nitrogen and oxygen atoms in total. The summed E-state index contributed by atoms with van der Waals surface area (Å²) >= 11 is 0. The number of amides is 1. The van der Waals surface area contributed by atoms with Gasteiger partial charge in [0.05, 0.1) is 17.3 Å². The smallest absolute Gasteiger partial charge is 0.301 e. The Morgan fingerprint density at radius 2 is 1.62 bits per heavy atom. The number of anilines is 1. The van der Waals surface area contributed by atoms with Crippen LogP contribution in [0.4, 0.5) is 5.82 Å². The molecule has 1 N–H and O–H groups in total. The fourth-order valence-electron chi connectivity index (χ4n) is 4.04. The van der Waals surface area contributed by atoms with Crippen LogP contribution < -0.4 is 4.90 Å². The largest absolute Gasteiger partial charge is 0.507 e. The molecular formula is C26H25N3O3. The van der Waals surface area contributed by atoms with E-state index in [1.807, 2.05) is 43.3 Å². The zero-order valence-electron chi connectivity index (χ0n) is 18.5. The average Bonchev–Trinajstić information content (AvgIpc) is 3.05. The maximum Gasteiger partial charge on any atom is 0.301 e.